The molecule has 11 heteroatoms. The van der Waals surface area contributed by atoms with Gasteiger partial charge >= 0.3 is 0 Å². The first-order valence-corrected chi connectivity index (χ1v) is 15.9. The molecule has 0 aliphatic rings. The number of thiazole rings is 1. The van der Waals surface area contributed by atoms with E-state index in [9.17, 15) is 14.4 Å². The minimum absolute atomic E-state index is 0.0682. The molecule has 0 fully saturated rings. The van der Waals surface area contributed by atoms with E-state index in [4.69, 9.17) is 16.3 Å². The second-order valence-electron chi connectivity index (χ2n) is 9.51. The van der Waals surface area contributed by atoms with E-state index < -0.39 is 11.8 Å². The summed E-state index contributed by atoms with van der Waals surface area (Å²) in [5.74, 6) is -0.142. The van der Waals surface area contributed by atoms with E-state index in [1.165, 1.54) is 23.1 Å². The van der Waals surface area contributed by atoms with Gasteiger partial charge in [0.1, 0.15) is 11.4 Å². The maximum absolute atomic E-state index is 13.3. The molecule has 8 nitrogen and oxygen atoms in total. The van der Waals surface area contributed by atoms with Crippen LogP contribution in [0.15, 0.2) is 119 Å². The van der Waals surface area contributed by atoms with E-state index >= 15 is 0 Å². The van der Waals surface area contributed by atoms with Crippen LogP contribution in [0.5, 0.6) is 5.75 Å². The van der Waals surface area contributed by atoms with Crippen molar-refractivity contribution in [1.29, 1.82) is 0 Å². The highest BCUT2D eigenvalue weighted by atomic mass is 35.5. The van der Waals surface area contributed by atoms with Crippen LogP contribution in [0.1, 0.15) is 15.9 Å². The number of halogens is 1. The molecule has 1 aromatic heterocycles. The molecule has 3 amide bonds. The molecule has 226 valence electrons. The summed E-state index contributed by atoms with van der Waals surface area (Å²) >= 11 is 8.72. The van der Waals surface area contributed by atoms with E-state index in [2.05, 4.69) is 20.9 Å². The van der Waals surface area contributed by atoms with Crippen molar-refractivity contribution in [3.63, 3.8) is 0 Å². The summed E-state index contributed by atoms with van der Waals surface area (Å²) in [6.07, 6.45) is 1.58. The van der Waals surface area contributed by atoms with Crippen LogP contribution in [0.3, 0.4) is 0 Å². The van der Waals surface area contributed by atoms with E-state index in [0.29, 0.717) is 27.0 Å². The van der Waals surface area contributed by atoms with Crippen LogP contribution in [0.4, 0.5) is 10.8 Å². The van der Waals surface area contributed by atoms with Crippen molar-refractivity contribution < 1.29 is 19.1 Å². The lowest BCUT2D eigenvalue weighted by atomic mass is 10.1. The van der Waals surface area contributed by atoms with E-state index in [1.54, 1.807) is 73.8 Å². The predicted molar refractivity (Wildman–Crippen MR) is 182 cm³/mol. The normalized spacial score (nSPS) is 11.0. The van der Waals surface area contributed by atoms with Crippen molar-refractivity contribution in [3.8, 4) is 17.0 Å². The number of nitrogens with one attached hydrogen (secondary N) is 3. The molecule has 4 aromatic carbocycles. The Hall–Kier alpha value is -4.90. The fraction of sp³-hybridized carbons (Fsp3) is 0.0588. The molecule has 45 heavy (non-hydrogen) atoms. The highest BCUT2D eigenvalue weighted by Gasteiger charge is 2.15. The van der Waals surface area contributed by atoms with Crippen molar-refractivity contribution in [1.82, 2.24) is 10.3 Å². The second kappa shape index (κ2) is 15.2. The summed E-state index contributed by atoms with van der Waals surface area (Å²) in [7, 11) is 1.62. The maximum atomic E-state index is 13.3. The zero-order valence-electron chi connectivity index (χ0n) is 24.0. The number of nitrogens with zero attached hydrogens (tertiary/aromatic N) is 1. The van der Waals surface area contributed by atoms with Gasteiger partial charge in [-0.05, 0) is 84.4 Å². The summed E-state index contributed by atoms with van der Waals surface area (Å²) in [6, 6.07) is 30.2. The number of hydrogen-bond donors (Lipinski definition) is 3. The zero-order valence-corrected chi connectivity index (χ0v) is 26.3. The Morgan fingerprint density at radius 1 is 0.889 bits per heavy atom. The first-order valence-electron chi connectivity index (χ1n) is 13.6. The minimum atomic E-state index is -0.494. The predicted octanol–water partition coefficient (Wildman–Crippen LogP) is 7.61. The number of amides is 3. The van der Waals surface area contributed by atoms with Crippen molar-refractivity contribution in [3.05, 3.63) is 130 Å². The second-order valence-corrected chi connectivity index (χ2v) is 11.9. The molecule has 0 bridgehead atoms. The van der Waals surface area contributed by atoms with Crippen molar-refractivity contribution in [2.24, 2.45) is 0 Å². The summed E-state index contributed by atoms with van der Waals surface area (Å²) in [5, 5.41) is 11.4. The molecule has 3 N–H and O–H groups in total. The molecule has 0 unspecified atom stereocenters. The fourth-order valence-electron chi connectivity index (χ4n) is 4.03. The Labute approximate surface area is 273 Å². The lowest BCUT2D eigenvalue weighted by Gasteiger charge is -2.12. The number of anilines is 2. The number of carbonyl (C=O) groups is 3. The Morgan fingerprint density at radius 3 is 2.29 bits per heavy atom. The first-order chi connectivity index (χ1) is 21.9. The topological polar surface area (TPSA) is 109 Å². The van der Waals surface area contributed by atoms with Gasteiger partial charge in [-0.2, -0.15) is 0 Å². The van der Waals surface area contributed by atoms with Gasteiger partial charge in [-0.3, -0.25) is 14.4 Å². The smallest absolute Gasteiger partial charge is 0.272 e. The first kappa shape index (κ1) is 31.5. The molecule has 0 aliphatic heterocycles. The minimum Gasteiger partial charge on any atom is -0.497 e. The number of methoxy groups -OCH3 is 1. The quantitative estimate of drug-likeness (QED) is 0.0999. The van der Waals surface area contributed by atoms with Gasteiger partial charge in [-0.25, -0.2) is 4.98 Å². The SMILES string of the molecule is COc1ccc(-c2csc(NC(=O)CSc3ccc(NC(=O)/C(=C/c4ccc(Cl)cc4)NC(=O)c4ccccc4)cc3)n2)cc1. The third kappa shape index (κ3) is 9.05. The van der Waals surface area contributed by atoms with Gasteiger partial charge in [0, 0.05) is 32.1 Å². The van der Waals surface area contributed by atoms with Gasteiger partial charge < -0.3 is 20.7 Å². The van der Waals surface area contributed by atoms with Gasteiger partial charge in [0.25, 0.3) is 11.8 Å². The molecule has 0 radical (unpaired) electrons. The van der Waals surface area contributed by atoms with Gasteiger partial charge in [0.05, 0.1) is 18.6 Å². The van der Waals surface area contributed by atoms with Gasteiger partial charge in [-0.15, -0.1) is 23.1 Å². The van der Waals surface area contributed by atoms with E-state index in [1.807, 2.05) is 47.8 Å². The molecule has 0 saturated carbocycles. The molecule has 5 aromatic rings. The third-order valence-corrected chi connectivity index (χ3v) is 8.35. The highest BCUT2D eigenvalue weighted by Crippen LogP contribution is 2.27. The zero-order chi connectivity index (χ0) is 31.6. The average Bonchev–Trinajstić information content (AvgIpc) is 3.53. The molecular weight excluding hydrogens is 628 g/mol. The van der Waals surface area contributed by atoms with Crippen LogP contribution in [0.2, 0.25) is 5.02 Å². The standard InChI is InChI=1S/C34H27ClN4O4S2/c1-43-27-15-9-23(10-16-27)30-20-45-34(38-30)39-31(40)21-44-28-17-13-26(14-18-28)36-33(42)29(19-22-7-11-25(35)12-8-22)37-32(41)24-5-3-2-4-6-24/h2-20H,21H2,1H3,(H,36,42)(H,37,41)(H,38,39,40)/b29-19-. The molecule has 0 spiro atoms. The monoisotopic (exact) mass is 654 g/mol. The highest BCUT2D eigenvalue weighted by molar-refractivity contribution is 8.00. The lowest BCUT2D eigenvalue weighted by molar-refractivity contribution is -0.114. The Bertz CT molecular complexity index is 1810. The third-order valence-electron chi connectivity index (χ3n) is 6.33. The van der Waals surface area contributed by atoms with E-state index in [-0.39, 0.29) is 17.4 Å². The lowest BCUT2D eigenvalue weighted by Crippen LogP contribution is -2.30. The maximum Gasteiger partial charge on any atom is 0.272 e. The number of hydrogen-bond acceptors (Lipinski definition) is 7. The van der Waals surface area contributed by atoms with Gasteiger partial charge in [0.2, 0.25) is 5.91 Å². The van der Waals surface area contributed by atoms with E-state index in [0.717, 1.165) is 21.9 Å². The van der Waals surface area contributed by atoms with Crippen LogP contribution in [0, 0.1) is 0 Å². The molecule has 0 saturated heterocycles. The molecule has 5 rings (SSSR count). The van der Waals surface area contributed by atoms with Crippen molar-refractivity contribution in [2.45, 2.75) is 4.90 Å². The number of thioether (sulfide) groups is 1. The van der Waals surface area contributed by atoms with Gasteiger partial charge in [0.15, 0.2) is 5.13 Å². The summed E-state index contributed by atoms with van der Waals surface area (Å²) in [6.45, 7) is 0. The fourth-order valence-corrected chi connectivity index (χ4v) is 5.59. The molecular formula is C34H27ClN4O4S2. The molecule has 0 aliphatic carbocycles. The van der Waals surface area contributed by atoms with Crippen LogP contribution in [-0.2, 0) is 9.59 Å². The van der Waals surface area contributed by atoms with Crippen LogP contribution < -0.4 is 20.7 Å². The van der Waals surface area contributed by atoms with Crippen LogP contribution in [0.25, 0.3) is 17.3 Å². The molecule has 0 atom stereocenters. The summed E-state index contributed by atoms with van der Waals surface area (Å²) in [5.41, 5.74) is 3.41. The van der Waals surface area contributed by atoms with Crippen LogP contribution in [-0.4, -0.2) is 35.6 Å². The largest absolute Gasteiger partial charge is 0.497 e. The van der Waals surface area contributed by atoms with Gasteiger partial charge in [-0.1, -0.05) is 41.9 Å². The summed E-state index contributed by atoms with van der Waals surface area (Å²) in [4.78, 5) is 44.0. The number of benzene rings is 4. The number of aromatic nitrogens is 1. The Morgan fingerprint density at radius 2 is 1.60 bits per heavy atom. The number of rotatable bonds is 11. The summed E-state index contributed by atoms with van der Waals surface area (Å²) < 4.78 is 5.19. The number of carbonyl (C=O) groups excluding carboxylic acids is 3. The number of ether oxygens (including phenoxy) is 1. The van der Waals surface area contributed by atoms with Crippen molar-refractivity contribution >= 4 is 69.3 Å². The Kier molecular flexibility index (Phi) is 10.7. The Balaban J connectivity index is 1.17. The van der Waals surface area contributed by atoms with Crippen LogP contribution >= 0.6 is 34.7 Å². The average molecular weight is 655 g/mol. The molecule has 1 heterocycles. The van der Waals surface area contributed by atoms with Crippen molar-refractivity contribution in [2.75, 3.05) is 23.5 Å².